The van der Waals surface area contributed by atoms with Crippen LogP contribution in [0.4, 0.5) is 11.4 Å². The van der Waals surface area contributed by atoms with Gasteiger partial charge in [-0.05, 0) is 166 Å². The van der Waals surface area contributed by atoms with Gasteiger partial charge in [0.2, 0.25) is 0 Å². The number of aromatic nitrogens is 1. The van der Waals surface area contributed by atoms with Crippen LogP contribution in [0.2, 0.25) is 0 Å². The lowest BCUT2D eigenvalue weighted by Crippen LogP contribution is -2.66. The fourth-order valence-corrected chi connectivity index (χ4v) is 14.0. The average molecular weight is 853 g/mol. The zero-order chi connectivity index (χ0) is 43.9. The maximum absolute atomic E-state index is 7.37. The highest BCUT2D eigenvalue weighted by atomic mass is 16.5. The molecular weight excluding hydrogens is 800 g/mol. The van der Waals surface area contributed by atoms with Crippen LogP contribution in [0.25, 0.3) is 60.9 Å². The molecule has 320 valence electrons. The highest BCUT2D eigenvalue weighted by molar-refractivity contribution is 6.99. The zero-order valence-electron chi connectivity index (χ0n) is 38.1. The minimum Gasteiger partial charge on any atom is -0.458 e. The highest BCUT2D eigenvalue weighted by Gasteiger charge is 2.57. The summed E-state index contributed by atoms with van der Waals surface area (Å²) in [5, 5.41) is 2.54. The molecule has 4 heteroatoms. The maximum atomic E-state index is 7.37. The Kier molecular flexibility index (Phi) is 8.23. The van der Waals surface area contributed by atoms with Gasteiger partial charge in [0.15, 0.2) is 0 Å². The van der Waals surface area contributed by atoms with Crippen molar-refractivity contribution >= 4 is 56.3 Å². The molecule has 8 aromatic carbocycles. The third-order valence-electron chi connectivity index (χ3n) is 16.5. The van der Waals surface area contributed by atoms with Crippen LogP contribution < -0.4 is 26.0 Å². The number of hydrogen-bond donors (Lipinski definition) is 0. The van der Waals surface area contributed by atoms with E-state index in [1.54, 1.807) is 0 Å². The van der Waals surface area contributed by atoms with Gasteiger partial charge in [-0.2, -0.15) is 0 Å². The van der Waals surface area contributed by atoms with E-state index in [1.807, 2.05) is 0 Å². The van der Waals surface area contributed by atoms with Gasteiger partial charge >= 0.3 is 0 Å². The summed E-state index contributed by atoms with van der Waals surface area (Å²) in [6.07, 6.45) is 7.93. The number of nitrogens with zero attached hydrogens (tertiary/aromatic N) is 2. The van der Waals surface area contributed by atoms with Crippen LogP contribution in [0.1, 0.15) is 64.9 Å². The molecule has 15 rings (SSSR count). The van der Waals surface area contributed by atoms with Crippen molar-refractivity contribution in [3.63, 3.8) is 0 Å². The lowest BCUT2D eigenvalue weighted by atomic mass is 9.33. The Morgan fingerprint density at radius 2 is 1.08 bits per heavy atom. The predicted molar refractivity (Wildman–Crippen MR) is 276 cm³/mol. The van der Waals surface area contributed by atoms with Crippen molar-refractivity contribution < 1.29 is 4.74 Å². The van der Waals surface area contributed by atoms with Gasteiger partial charge in [-0.25, -0.2) is 0 Å². The average Bonchev–Trinajstić information content (AvgIpc) is 3.67. The van der Waals surface area contributed by atoms with E-state index in [0.29, 0.717) is 0 Å². The largest absolute Gasteiger partial charge is 0.458 e. The third-order valence-corrected chi connectivity index (χ3v) is 16.5. The molecule has 4 fully saturated rings. The minimum atomic E-state index is -0.0449. The molecule has 6 aliphatic rings. The van der Waals surface area contributed by atoms with Crippen LogP contribution >= 0.6 is 0 Å². The van der Waals surface area contributed by atoms with E-state index in [1.165, 1.54) is 127 Å². The van der Waals surface area contributed by atoms with E-state index in [9.17, 15) is 0 Å². The summed E-state index contributed by atoms with van der Waals surface area (Å²) in [6, 6.07) is 66.5. The number of hydrogen-bond acceptors (Lipinski definition) is 2. The summed E-state index contributed by atoms with van der Waals surface area (Å²) in [6.45, 7) is 6.86. The van der Waals surface area contributed by atoms with E-state index >= 15 is 0 Å². The number of ether oxygens (including phenoxy) is 1. The van der Waals surface area contributed by atoms with Gasteiger partial charge in [-0.3, -0.25) is 0 Å². The van der Waals surface area contributed by atoms with Crippen LogP contribution in [0.3, 0.4) is 0 Å². The van der Waals surface area contributed by atoms with E-state index < -0.39 is 0 Å². The van der Waals surface area contributed by atoms with Crippen molar-refractivity contribution in [1.29, 1.82) is 0 Å². The topological polar surface area (TPSA) is 17.4 Å². The lowest BCUT2D eigenvalue weighted by molar-refractivity contribution is 0.000635. The van der Waals surface area contributed by atoms with Crippen LogP contribution in [0.5, 0.6) is 11.5 Å². The zero-order valence-corrected chi connectivity index (χ0v) is 38.1. The van der Waals surface area contributed by atoms with Crippen LogP contribution in [-0.4, -0.2) is 16.8 Å². The van der Waals surface area contributed by atoms with Gasteiger partial charge in [0, 0.05) is 33.4 Å². The molecule has 3 nitrogen and oxygen atoms in total. The summed E-state index contributed by atoms with van der Waals surface area (Å²) < 4.78 is 9.83. The number of anilines is 2. The van der Waals surface area contributed by atoms with E-state index in [4.69, 9.17) is 4.74 Å². The molecule has 0 amide bonds. The first kappa shape index (κ1) is 38.5. The Labute approximate surface area is 388 Å². The third kappa shape index (κ3) is 5.76. The van der Waals surface area contributed by atoms with Gasteiger partial charge in [0.25, 0.3) is 6.71 Å². The second kappa shape index (κ2) is 14.1. The van der Waals surface area contributed by atoms with Crippen molar-refractivity contribution in [2.75, 3.05) is 4.90 Å². The summed E-state index contributed by atoms with van der Waals surface area (Å²) in [4.78, 5) is 2.93. The molecule has 1 aromatic heterocycles. The molecule has 4 bridgehead atoms. The molecule has 0 spiro atoms. The van der Waals surface area contributed by atoms with Gasteiger partial charge in [0.1, 0.15) is 11.5 Å². The Morgan fingerprint density at radius 3 is 1.68 bits per heavy atom. The van der Waals surface area contributed by atoms with E-state index in [-0.39, 0.29) is 17.7 Å². The fraction of sp³-hybridized carbons (Fsp3) is 0.226. The molecule has 2 aliphatic heterocycles. The molecule has 0 radical (unpaired) electrons. The highest BCUT2D eigenvalue weighted by Crippen LogP contribution is 2.61. The Bertz CT molecular complexity index is 3330. The molecule has 0 atom stereocenters. The summed E-state index contributed by atoms with van der Waals surface area (Å²) in [5.74, 6) is 4.27. The van der Waals surface area contributed by atoms with Crippen LogP contribution in [0.15, 0.2) is 176 Å². The normalized spacial score (nSPS) is 21.2. The fourth-order valence-electron chi connectivity index (χ4n) is 14.0. The first-order chi connectivity index (χ1) is 32.3. The summed E-state index contributed by atoms with van der Waals surface area (Å²) in [5.41, 5.74) is 19.2. The van der Waals surface area contributed by atoms with Crippen molar-refractivity contribution in [3.8, 4) is 50.6 Å². The smallest absolute Gasteiger partial charge is 0.256 e. The molecule has 0 N–H and O–H groups in total. The minimum absolute atomic E-state index is 0.0320. The first-order valence-electron chi connectivity index (χ1n) is 24.4. The van der Waals surface area contributed by atoms with Crippen molar-refractivity contribution in [2.45, 2.75) is 70.3 Å². The molecule has 66 heavy (non-hydrogen) atoms. The Hall–Kier alpha value is -6.78. The molecule has 4 aliphatic carbocycles. The SMILES string of the molecule is CC(C)(C)c1ccc(-c2cc3c4c(c2)N(C25CC6CC(CC(C6)C2)C5)c2cc(-c5ccccc5)c(-c5ccccc5)cc2B4c2cc(-n4c5ccccc5c5ccccc54)ccc2O3)cc1. The van der Waals surface area contributed by atoms with Gasteiger partial charge in [-0.1, -0.05) is 148 Å². The molecular formula is C62H53BN2O. The second-order valence-electron chi connectivity index (χ2n) is 21.5. The predicted octanol–water partition coefficient (Wildman–Crippen LogP) is 14.1. The maximum Gasteiger partial charge on any atom is 0.256 e. The first-order valence-corrected chi connectivity index (χ1v) is 24.4. The monoisotopic (exact) mass is 852 g/mol. The number of benzene rings is 8. The number of fused-ring (bicyclic) bond motifs is 7. The Morgan fingerprint density at radius 1 is 0.500 bits per heavy atom. The standard InChI is InChI=1S/C62H53BN2O/c1-61(2,3)46-24-22-42(23-25-46)45-31-57-60-59(32-45)66-58-27-26-47(64-54-20-12-10-18-48(54)49-19-11-13-21-55(49)64)33-53(58)63(60)52-34-50(43-14-6-4-7-15-43)51(44-16-8-5-9-17-44)35-56(52)65(57)62-36-39-28-40(37-62)30-41(29-39)38-62/h4-27,31-35,39-41H,28-30,36-38H2,1-3H3. The quantitative estimate of drug-likeness (QED) is 0.161. The van der Waals surface area contributed by atoms with Crippen molar-refractivity contribution in [1.82, 2.24) is 4.57 Å². The van der Waals surface area contributed by atoms with Crippen LogP contribution in [0, 0.1) is 17.8 Å². The molecule has 4 saturated carbocycles. The Balaban J connectivity index is 1.07. The van der Waals surface area contributed by atoms with Gasteiger partial charge < -0.3 is 14.2 Å². The van der Waals surface area contributed by atoms with E-state index in [2.05, 4.69) is 206 Å². The summed E-state index contributed by atoms with van der Waals surface area (Å²) >= 11 is 0. The molecule has 3 heterocycles. The molecule has 9 aromatic rings. The lowest BCUT2D eigenvalue weighted by Gasteiger charge is -2.62. The summed E-state index contributed by atoms with van der Waals surface area (Å²) in [7, 11) is 0. The van der Waals surface area contributed by atoms with Gasteiger partial charge in [-0.15, -0.1) is 0 Å². The second-order valence-corrected chi connectivity index (χ2v) is 21.5. The van der Waals surface area contributed by atoms with E-state index in [0.717, 1.165) is 34.9 Å². The number of rotatable bonds is 5. The van der Waals surface area contributed by atoms with Crippen LogP contribution in [-0.2, 0) is 5.41 Å². The number of para-hydroxylation sites is 2. The molecule has 0 saturated heterocycles. The van der Waals surface area contributed by atoms with Crippen molar-refractivity contribution in [2.24, 2.45) is 17.8 Å². The molecule has 0 unspecified atom stereocenters. The van der Waals surface area contributed by atoms with Gasteiger partial charge in [0.05, 0.1) is 11.0 Å². The van der Waals surface area contributed by atoms with Crippen molar-refractivity contribution in [3.05, 3.63) is 181 Å².